The zero-order valence-electron chi connectivity index (χ0n) is 22.9. The van der Waals surface area contributed by atoms with Gasteiger partial charge in [-0.05, 0) is 18.6 Å². The van der Waals surface area contributed by atoms with Gasteiger partial charge in [-0.15, -0.1) is 5.06 Å². The second kappa shape index (κ2) is 11.9. The molecule has 218 valence electrons. The number of hydroxylamine groups is 2. The summed E-state index contributed by atoms with van der Waals surface area (Å²) < 4.78 is 13.2. The molecule has 0 radical (unpaired) electrons. The first-order chi connectivity index (χ1) is 19.7. The molecular formula is C27H32N6O8. The zero-order valence-corrected chi connectivity index (χ0v) is 22.9. The van der Waals surface area contributed by atoms with Crippen LogP contribution in [0.1, 0.15) is 67.0 Å². The lowest BCUT2D eigenvalue weighted by molar-refractivity contribution is -0.177. The van der Waals surface area contributed by atoms with Crippen molar-refractivity contribution in [2.24, 2.45) is 5.92 Å². The number of anilines is 1. The van der Waals surface area contributed by atoms with E-state index in [0.717, 1.165) is 19.3 Å². The van der Waals surface area contributed by atoms with Gasteiger partial charge in [0.15, 0.2) is 23.5 Å². The number of imide groups is 1. The van der Waals surface area contributed by atoms with E-state index in [-0.39, 0.29) is 46.7 Å². The highest BCUT2D eigenvalue weighted by Gasteiger charge is 2.50. The predicted octanol–water partition coefficient (Wildman–Crippen LogP) is 1.78. The van der Waals surface area contributed by atoms with Crippen LogP contribution in [0.25, 0.3) is 11.2 Å². The molecule has 1 aromatic carbocycles. The van der Waals surface area contributed by atoms with Crippen LogP contribution in [0.3, 0.4) is 0 Å². The molecule has 41 heavy (non-hydrogen) atoms. The van der Waals surface area contributed by atoms with Crippen molar-refractivity contribution in [3.8, 4) is 0 Å². The van der Waals surface area contributed by atoms with E-state index in [1.54, 1.807) is 26.0 Å². The first kappa shape index (κ1) is 28.5. The summed E-state index contributed by atoms with van der Waals surface area (Å²) in [5.41, 5.74) is -0.287. The summed E-state index contributed by atoms with van der Waals surface area (Å²) >= 11 is 0. The maximum Gasteiger partial charge on any atom is 0.285 e. The molecule has 1 saturated heterocycles. The number of aliphatic hydroxyl groups is 1. The van der Waals surface area contributed by atoms with E-state index in [1.807, 2.05) is 0 Å². The molecule has 0 saturated carbocycles. The smallest absolute Gasteiger partial charge is 0.285 e. The second-order valence-corrected chi connectivity index (χ2v) is 10.2. The summed E-state index contributed by atoms with van der Waals surface area (Å²) in [4.78, 5) is 67.9. The summed E-state index contributed by atoms with van der Waals surface area (Å²) in [6.07, 6.45) is -0.595. The number of hydrogen-bond acceptors (Lipinski definition) is 10. The first-order valence-corrected chi connectivity index (χ1v) is 13.5. The van der Waals surface area contributed by atoms with Gasteiger partial charge in [-0.25, -0.2) is 4.98 Å². The number of hydrogen-bond donors (Lipinski definition) is 3. The van der Waals surface area contributed by atoms with Crippen molar-refractivity contribution in [1.29, 1.82) is 0 Å². The molecule has 0 aliphatic carbocycles. The van der Waals surface area contributed by atoms with Crippen molar-refractivity contribution in [1.82, 2.24) is 24.6 Å². The van der Waals surface area contributed by atoms with Gasteiger partial charge in [0.05, 0.1) is 24.1 Å². The van der Waals surface area contributed by atoms with Crippen LogP contribution in [0, 0.1) is 5.92 Å². The molecule has 3 N–H and O–H groups in total. The van der Waals surface area contributed by atoms with Crippen molar-refractivity contribution in [2.75, 3.05) is 18.5 Å². The van der Waals surface area contributed by atoms with Gasteiger partial charge in [0, 0.05) is 12.5 Å². The highest BCUT2D eigenvalue weighted by atomic mass is 16.7. The lowest BCUT2D eigenvalue weighted by Crippen LogP contribution is -2.43. The van der Waals surface area contributed by atoms with Gasteiger partial charge in [-0.1, -0.05) is 45.7 Å². The van der Waals surface area contributed by atoms with E-state index >= 15 is 0 Å². The maximum absolute atomic E-state index is 13.0. The van der Waals surface area contributed by atoms with Crippen LogP contribution in [0.15, 0.2) is 35.4 Å². The molecule has 0 bridgehead atoms. The fourth-order valence-corrected chi connectivity index (χ4v) is 4.66. The van der Waals surface area contributed by atoms with Gasteiger partial charge in [0.25, 0.3) is 17.4 Å². The quantitative estimate of drug-likeness (QED) is 0.228. The van der Waals surface area contributed by atoms with E-state index in [2.05, 4.69) is 27.2 Å². The van der Waals surface area contributed by atoms with Gasteiger partial charge < -0.3 is 14.6 Å². The summed E-state index contributed by atoms with van der Waals surface area (Å²) in [6, 6.07) is 6.29. The number of fused-ring (bicyclic) bond motifs is 2. The third-order valence-corrected chi connectivity index (χ3v) is 6.94. The van der Waals surface area contributed by atoms with Crippen molar-refractivity contribution >= 4 is 34.8 Å². The monoisotopic (exact) mass is 568 g/mol. The van der Waals surface area contributed by atoms with Crippen LogP contribution >= 0.6 is 0 Å². The summed E-state index contributed by atoms with van der Waals surface area (Å²) in [5, 5.41) is 14.4. The Balaban J connectivity index is 1.47. The molecule has 5 rings (SSSR count). The standard InChI is InChI=1S/C27H32N6O8/c1-4-5-8-11-39-12-17-19(34)20(41-33-24(37)15-9-6-7-10-16(15)25(33)38)26(40-17)32-13-28-18-21(32)29-27(31-23(18)36)30-22(35)14(2)3/h6-7,9-10,13-14,17,19-20,26,34H,4-5,8,11-12H2,1-3H3,(H2,29,30,31,35,36)/t17-,19-,20-,26-/m1/s1. The summed E-state index contributed by atoms with van der Waals surface area (Å²) in [5.74, 6) is -2.20. The molecule has 0 unspecified atom stereocenters. The summed E-state index contributed by atoms with van der Waals surface area (Å²) in [6.45, 7) is 5.92. The number of ether oxygens (including phenoxy) is 2. The van der Waals surface area contributed by atoms with E-state index in [1.165, 1.54) is 23.0 Å². The number of rotatable bonds is 11. The van der Waals surface area contributed by atoms with Crippen molar-refractivity contribution in [3.63, 3.8) is 0 Å². The average Bonchev–Trinajstić information content (AvgIpc) is 3.58. The van der Waals surface area contributed by atoms with Crippen LogP contribution in [-0.2, 0) is 19.1 Å². The number of aromatic nitrogens is 4. The third kappa shape index (κ3) is 5.51. The minimum atomic E-state index is -1.34. The van der Waals surface area contributed by atoms with Gasteiger partial charge in [-0.2, -0.15) is 4.98 Å². The molecule has 3 amide bonds. The Kier molecular flexibility index (Phi) is 8.26. The Morgan fingerprint density at radius 1 is 1.17 bits per heavy atom. The second-order valence-electron chi connectivity index (χ2n) is 10.2. The van der Waals surface area contributed by atoms with Gasteiger partial charge in [-0.3, -0.25) is 38.9 Å². The van der Waals surface area contributed by atoms with Crippen LogP contribution < -0.4 is 10.9 Å². The number of carbonyl (C=O) groups excluding carboxylic acids is 3. The number of benzene rings is 1. The molecular weight excluding hydrogens is 536 g/mol. The summed E-state index contributed by atoms with van der Waals surface area (Å²) in [7, 11) is 0. The fraction of sp³-hybridized carbons (Fsp3) is 0.481. The normalized spacial score (nSPS) is 22.2. The molecule has 0 spiro atoms. The number of aliphatic hydroxyl groups excluding tert-OH is 1. The lowest BCUT2D eigenvalue weighted by Gasteiger charge is -2.25. The Morgan fingerprint density at radius 2 is 1.88 bits per heavy atom. The third-order valence-electron chi connectivity index (χ3n) is 6.94. The lowest BCUT2D eigenvalue weighted by atomic mass is 10.1. The number of H-pyrrole nitrogens is 1. The van der Waals surface area contributed by atoms with Gasteiger partial charge in [0.2, 0.25) is 11.9 Å². The average molecular weight is 569 g/mol. The minimum absolute atomic E-state index is 0.0136. The molecule has 4 atom stereocenters. The molecule has 2 aliphatic heterocycles. The van der Waals surface area contributed by atoms with Gasteiger partial charge >= 0.3 is 0 Å². The highest BCUT2D eigenvalue weighted by Crippen LogP contribution is 2.36. The number of nitrogens with zero attached hydrogens (tertiary/aromatic N) is 4. The SMILES string of the molecule is CCCCCOC[C@H]1O[C@@H](n2cnc3c(=O)[nH]c(NC(=O)C(C)C)nc32)[C@H](ON2C(=O)c3ccccc3C2=O)[C@@H]1O. The topological polar surface area (TPSA) is 178 Å². The van der Waals surface area contributed by atoms with E-state index in [0.29, 0.717) is 11.7 Å². The van der Waals surface area contributed by atoms with Crippen molar-refractivity contribution in [3.05, 3.63) is 52.1 Å². The maximum atomic E-state index is 13.0. The van der Waals surface area contributed by atoms with Crippen LogP contribution in [-0.4, -0.2) is 78.9 Å². The number of aromatic amines is 1. The molecule has 14 heteroatoms. The number of nitrogens with one attached hydrogen (secondary N) is 2. The minimum Gasteiger partial charge on any atom is -0.387 e. The Labute approximate surface area is 234 Å². The zero-order chi connectivity index (χ0) is 29.3. The molecule has 14 nitrogen and oxygen atoms in total. The Morgan fingerprint density at radius 3 is 2.54 bits per heavy atom. The Hall–Kier alpha value is -3.98. The molecule has 3 aromatic rings. The largest absolute Gasteiger partial charge is 0.387 e. The van der Waals surface area contributed by atoms with E-state index < -0.39 is 41.9 Å². The van der Waals surface area contributed by atoms with E-state index in [9.17, 15) is 24.3 Å². The number of unbranched alkanes of at least 4 members (excludes halogenated alkanes) is 2. The van der Waals surface area contributed by atoms with Gasteiger partial charge in [0.1, 0.15) is 12.2 Å². The number of imidazole rings is 1. The van der Waals surface area contributed by atoms with Crippen LogP contribution in [0.4, 0.5) is 5.95 Å². The first-order valence-electron chi connectivity index (χ1n) is 13.5. The molecule has 2 aromatic heterocycles. The molecule has 1 fully saturated rings. The predicted molar refractivity (Wildman–Crippen MR) is 144 cm³/mol. The van der Waals surface area contributed by atoms with Crippen LogP contribution in [0.2, 0.25) is 0 Å². The molecule has 2 aliphatic rings. The number of amides is 3. The fourth-order valence-electron chi connectivity index (χ4n) is 4.66. The molecule has 4 heterocycles. The van der Waals surface area contributed by atoms with Crippen molar-refractivity contribution in [2.45, 2.75) is 64.6 Å². The number of carbonyl (C=O) groups is 3. The van der Waals surface area contributed by atoms with Crippen molar-refractivity contribution < 1.29 is 33.8 Å². The van der Waals surface area contributed by atoms with E-state index in [4.69, 9.17) is 14.3 Å². The Bertz CT molecular complexity index is 1480. The highest BCUT2D eigenvalue weighted by molar-refractivity contribution is 6.20. The van der Waals surface area contributed by atoms with Crippen LogP contribution in [0.5, 0.6) is 0 Å².